The van der Waals surface area contributed by atoms with E-state index < -0.39 is 44.3 Å². The third-order valence-corrected chi connectivity index (χ3v) is 12.4. The highest BCUT2D eigenvalue weighted by molar-refractivity contribution is 8.13. The molecule has 0 aliphatic rings. The largest absolute Gasteiger partial charge is 0.508 e. The normalized spacial score (nSPS) is 10.8. The van der Waals surface area contributed by atoms with E-state index in [1.807, 2.05) is 69.2 Å². The fraction of sp³-hybridized carbons (Fsp3) is 0.549. The Labute approximate surface area is 591 Å². The average Bonchev–Trinajstić information content (AvgIpc) is 0.872. The summed E-state index contributed by atoms with van der Waals surface area (Å²) >= 11 is 0. The van der Waals surface area contributed by atoms with E-state index in [9.17, 15) is 55.2 Å². The topological polar surface area (TPSA) is 322 Å². The number of alkyl halides is 3. The number of methoxy groups -OCH3 is 3. The van der Waals surface area contributed by atoms with Gasteiger partial charge in [-0.25, -0.2) is 37.2 Å². The minimum atomic E-state index is -4.64. The number of unbranched alkanes of at least 4 members (excludes halogenated alkanes) is 5. The van der Waals surface area contributed by atoms with Gasteiger partial charge >= 0.3 is 42.0 Å². The fourth-order valence-electron chi connectivity index (χ4n) is 6.58. The molecule has 0 heterocycles. The standard InChI is InChI=1S/C18H26O6.C15H20O5.C11H22O3.C10H20O4.C8H8O3.C7H7ClO2S.C2HF3O/c1-18(2,3)24-16(19)13-22-11-5-6-12-23-15-9-7-14(8-10-15)17(20)21-4;1-12(16)11-19-9-3-4-10-20-14-7-5-13(6-8-14)15(17)18-2;1-5-6-7-8-13-9-10(12)14-11(2,3)4;1-10(2,3)14-9(12)8-13-7-5-4-6-11;1-11-8(10)6-2-4-7(9)5-3-6;1-6-2-4-7(5-3-6)11(8,9)10;3-2(4,5)1-6/h7-10H,5-6,11-13H2,1-4H3;5-8H,3-4,9-11H2,1-2H3;5-9H2,1-4H3;11H,4-8H2,1-3H3;2-5,9H,1H3;2-5H,1H3;1H. The fourth-order valence-corrected chi connectivity index (χ4v) is 7.35. The highest BCUT2D eigenvalue weighted by atomic mass is 35.7. The molecule has 0 aliphatic carbocycles. The lowest BCUT2D eigenvalue weighted by Crippen LogP contribution is -2.26. The van der Waals surface area contributed by atoms with E-state index in [1.54, 1.807) is 60.7 Å². The number of phenolic OH excluding ortho intramolecular Hbond substituents is 1. The van der Waals surface area contributed by atoms with Gasteiger partial charge in [0.1, 0.15) is 60.5 Å². The van der Waals surface area contributed by atoms with E-state index in [4.69, 9.17) is 68.3 Å². The number of carbonyl (C=O) groups is 8. The van der Waals surface area contributed by atoms with Crippen LogP contribution in [0.25, 0.3) is 0 Å². The number of benzene rings is 4. The molecule has 4 aromatic rings. The smallest absolute Gasteiger partial charge is 0.446 e. The van der Waals surface area contributed by atoms with E-state index in [0.717, 1.165) is 56.9 Å². The molecule has 2 N–H and O–H groups in total. The molecule has 0 amide bonds. The van der Waals surface area contributed by atoms with Crippen molar-refractivity contribution in [2.24, 2.45) is 0 Å². The molecule has 0 unspecified atom stereocenters. The summed E-state index contributed by atoms with van der Waals surface area (Å²) in [6.07, 6.45) is 2.35. The van der Waals surface area contributed by atoms with Crippen molar-refractivity contribution < 1.29 is 127 Å². The first kappa shape index (κ1) is 96.5. The zero-order valence-corrected chi connectivity index (χ0v) is 61.8. The van der Waals surface area contributed by atoms with Gasteiger partial charge in [-0.3, -0.25) is 9.59 Å². The summed E-state index contributed by atoms with van der Waals surface area (Å²) in [5.41, 5.74) is 1.07. The van der Waals surface area contributed by atoms with Crippen LogP contribution in [-0.2, 0) is 80.4 Å². The van der Waals surface area contributed by atoms with Gasteiger partial charge in [0.15, 0.2) is 5.78 Å². The van der Waals surface area contributed by atoms with Crippen LogP contribution in [-0.4, -0.2) is 184 Å². The predicted molar refractivity (Wildman–Crippen MR) is 368 cm³/mol. The number of rotatable bonds is 32. The molecule has 566 valence electrons. The monoisotopic (exact) mass is 1460 g/mol. The quantitative estimate of drug-likeness (QED) is 0.0151. The molecule has 0 saturated carbocycles. The van der Waals surface area contributed by atoms with Crippen molar-refractivity contribution in [1.29, 1.82) is 0 Å². The van der Waals surface area contributed by atoms with E-state index in [-0.39, 0.29) is 79.3 Å². The minimum Gasteiger partial charge on any atom is -0.508 e. The lowest BCUT2D eigenvalue weighted by molar-refractivity contribution is -0.161. The number of hydrogen-bond acceptors (Lipinski definition) is 24. The Bertz CT molecular complexity index is 2960. The molecule has 4 aromatic carbocycles. The molecule has 0 saturated heterocycles. The lowest BCUT2D eigenvalue weighted by Gasteiger charge is -2.19. The van der Waals surface area contributed by atoms with Gasteiger partial charge in [-0.15, -0.1) is 0 Å². The second-order valence-corrected chi connectivity index (χ2v) is 26.5. The third kappa shape index (κ3) is 61.4. The van der Waals surface area contributed by atoms with Gasteiger partial charge in [0.2, 0.25) is 6.29 Å². The van der Waals surface area contributed by atoms with Crippen LogP contribution in [0, 0.1) is 6.92 Å². The molecule has 0 aliphatic heterocycles. The van der Waals surface area contributed by atoms with Crippen molar-refractivity contribution >= 4 is 67.6 Å². The van der Waals surface area contributed by atoms with Crippen molar-refractivity contribution in [2.45, 2.75) is 169 Å². The van der Waals surface area contributed by atoms with Crippen molar-refractivity contribution in [1.82, 2.24) is 0 Å². The number of hydrogen-bond donors (Lipinski definition) is 2. The Morgan fingerprint density at radius 3 is 1.03 bits per heavy atom. The molecular formula is C71H104ClF3O24S. The Morgan fingerprint density at radius 1 is 0.470 bits per heavy atom. The molecule has 4 rings (SSSR count). The second kappa shape index (κ2) is 55.0. The number of esters is 6. The van der Waals surface area contributed by atoms with Crippen molar-refractivity contribution in [3.8, 4) is 17.2 Å². The van der Waals surface area contributed by atoms with E-state index in [1.165, 1.54) is 64.7 Å². The summed E-state index contributed by atoms with van der Waals surface area (Å²) in [5.74, 6) is -0.544. The van der Waals surface area contributed by atoms with E-state index in [2.05, 4.69) is 21.1 Å². The third-order valence-electron chi connectivity index (χ3n) is 11.0. The van der Waals surface area contributed by atoms with Gasteiger partial charge in [0.05, 0.1) is 56.1 Å². The SMILES string of the molecule is CC(C)(C)OC(=O)COCCCCO.CCCCCOCC(=O)OC(C)(C)C.COC(=O)c1ccc(O)cc1.COC(=O)c1ccc(OCCCCOCC(=O)OC(C)(C)C)cc1.COC(=O)c1ccc(OCCCCOCC(C)=O)cc1.Cc1ccc(S(=O)(=O)Cl)cc1.O=CC(F)(F)F. The number of aliphatic hydroxyl groups excluding tert-OH is 1. The predicted octanol–water partition coefficient (Wildman–Crippen LogP) is 12.7. The Balaban J connectivity index is -0.00000113. The van der Waals surface area contributed by atoms with Crippen LogP contribution in [0.3, 0.4) is 0 Å². The number of Topliss-reactive ketones (excluding diaryl/α,β-unsaturated/α-hetero) is 1. The maximum absolute atomic E-state index is 11.4. The molecule has 0 spiro atoms. The van der Waals surface area contributed by atoms with Crippen molar-refractivity contribution in [3.63, 3.8) is 0 Å². The zero-order chi connectivity index (χ0) is 76.8. The summed E-state index contributed by atoms with van der Waals surface area (Å²) in [4.78, 5) is 86.5. The Kier molecular flexibility index (Phi) is 53.1. The summed E-state index contributed by atoms with van der Waals surface area (Å²) in [6.45, 7) is 25.6. The number of aldehydes is 1. The maximum Gasteiger partial charge on any atom is 0.446 e. The first-order chi connectivity index (χ1) is 46.6. The van der Waals surface area contributed by atoms with E-state index in [0.29, 0.717) is 74.3 Å². The number of aryl methyl sites for hydroxylation is 1. The number of ketones is 1. The number of ether oxygens (including phenoxy) is 12. The molecule has 0 aromatic heterocycles. The Hall–Kier alpha value is -7.73. The van der Waals surface area contributed by atoms with Gasteiger partial charge in [-0.05, 0) is 206 Å². The first-order valence-electron chi connectivity index (χ1n) is 31.8. The van der Waals surface area contributed by atoms with Gasteiger partial charge < -0.3 is 67.1 Å². The summed E-state index contributed by atoms with van der Waals surface area (Å²) < 4.78 is 113. The van der Waals surface area contributed by atoms with Crippen LogP contribution in [0.4, 0.5) is 13.2 Å². The number of phenols is 1. The molecular weight excluding hydrogens is 1360 g/mol. The van der Waals surface area contributed by atoms with Gasteiger partial charge in [-0.2, -0.15) is 13.2 Å². The molecule has 24 nitrogen and oxygen atoms in total. The molecule has 0 bridgehead atoms. The lowest BCUT2D eigenvalue weighted by atomic mass is 10.2. The summed E-state index contributed by atoms with van der Waals surface area (Å²) in [5, 5.41) is 17.3. The number of aromatic hydroxyl groups is 1. The van der Waals surface area contributed by atoms with Crippen LogP contribution in [0.15, 0.2) is 102 Å². The molecule has 0 radical (unpaired) electrons. The maximum atomic E-state index is 11.4. The van der Waals surface area contributed by atoms with Crippen LogP contribution in [0.2, 0.25) is 0 Å². The van der Waals surface area contributed by atoms with Crippen LogP contribution in [0.5, 0.6) is 17.2 Å². The highest BCUT2D eigenvalue weighted by Gasteiger charge is 2.25. The van der Waals surface area contributed by atoms with Crippen molar-refractivity contribution in [3.05, 3.63) is 119 Å². The summed E-state index contributed by atoms with van der Waals surface area (Å²) in [6, 6.07) is 25.8. The molecule has 100 heavy (non-hydrogen) atoms. The number of aliphatic hydroxyl groups is 1. The molecule has 0 atom stereocenters. The van der Waals surface area contributed by atoms with Gasteiger partial charge in [0, 0.05) is 43.7 Å². The minimum absolute atomic E-state index is 0.0112. The highest BCUT2D eigenvalue weighted by Crippen LogP contribution is 2.18. The number of carbonyl (C=O) groups excluding carboxylic acids is 8. The van der Waals surface area contributed by atoms with Crippen molar-refractivity contribution in [2.75, 3.05) is 94.0 Å². The zero-order valence-electron chi connectivity index (χ0n) is 60.3. The van der Waals surface area contributed by atoms with Crippen LogP contribution >= 0.6 is 10.7 Å². The van der Waals surface area contributed by atoms with Crippen LogP contribution in [0.1, 0.15) is 171 Å². The summed E-state index contributed by atoms with van der Waals surface area (Å²) in [7, 11) is 5.54. The Morgan fingerprint density at radius 2 is 0.760 bits per heavy atom. The van der Waals surface area contributed by atoms with Gasteiger partial charge in [0.25, 0.3) is 9.05 Å². The van der Waals surface area contributed by atoms with Gasteiger partial charge in [-0.1, -0.05) is 37.5 Å². The second-order valence-electron chi connectivity index (χ2n) is 23.9. The van der Waals surface area contributed by atoms with Crippen LogP contribution < -0.4 is 9.47 Å². The van der Waals surface area contributed by atoms with E-state index >= 15 is 0 Å². The first-order valence-corrected chi connectivity index (χ1v) is 34.1. The average molecular weight is 1470 g/mol. The molecule has 0 fully saturated rings. The molecule has 29 heteroatoms. The number of halogens is 4.